The Hall–Kier alpha value is -1.59. The van der Waals surface area contributed by atoms with Gasteiger partial charge in [0.15, 0.2) is 0 Å². The quantitative estimate of drug-likeness (QED) is 0.461. The van der Waals surface area contributed by atoms with Crippen molar-refractivity contribution >= 4 is 11.9 Å². The highest BCUT2D eigenvalue weighted by molar-refractivity contribution is 5.75. The van der Waals surface area contributed by atoms with Gasteiger partial charge in [-0.1, -0.05) is 0 Å². The number of aromatic nitrogens is 3. The van der Waals surface area contributed by atoms with Crippen LogP contribution in [0, 0.1) is 0 Å². The van der Waals surface area contributed by atoms with Crippen molar-refractivity contribution < 1.29 is 4.79 Å². The average Bonchev–Trinajstić information content (AvgIpc) is 2.13. The molecule has 0 unspecified atom stereocenters. The van der Waals surface area contributed by atoms with Gasteiger partial charge in [-0.05, 0) is 0 Å². The summed E-state index contributed by atoms with van der Waals surface area (Å²) in [5.74, 6) is 0.0531. The lowest BCUT2D eigenvalue weighted by atomic mass is 10.4. The Kier molecular flexibility index (Phi) is 1.53. The molecule has 1 aromatic heterocycles. The molecule has 1 aromatic rings. The minimum atomic E-state index is -0.462. The molecule has 0 aliphatic rings. The van der Waals surface area contributed by atoms with E-state index in [1.165, 1.54) is 0 Å². The number of nitrogen functional groups attached to an aromatic ring is 1. The average molecular weight is 141 g/mol. The highest BCUT2D eigenvalue weighted by Gasteiger charge is 2.01. The minimum Gasteiger partial charge on any atom is -0.369 e. The van der Waals surface area contributed by atoms with E-state index in [9.17, 15) is 4.79 Å². The highest BCUT2D eigenvalue weighted by Crippen LogP contribution is 1.92. The molecule has 0 aromatic carbocycles. The summed E-state index contributed by atoms with van der Waals surface area (Å²) >= 11 is 0. The molecular weight excluding hydrogens is 134 g/mol. The lowest BCUT2D eigenvalue weighted by Crippen LogP contribution is -2.14. The summed E-state index contributed by atoms with van der Waals surface area (Å²) in [4.78, 5) is 13.9. The number of amides is 1. The number of hydrogen-bond acceptors (Lipinski definition) is 4. The molecule has 6 nitrogen and oxygen atoms in total. The Morgan fingerprint density at radius 2 is 2.40 bits per heavy atom. The number of carbonyl (C=O) groups excluding carboxylic acids is 1. The van der Waals surface area contributed by atoms with Gasteiger partial charge in [0.05, 0.1) is 6.42 Å². The number of H-pyrrole nitrogens is 1. The summed E-state index contributed by atoms with van der Waals surface area (Å²) in [7, 11) is 0. The second-order valence-electron chi connectivity index (χ2n) is 1.78. The Balaban J connectivity index is 2.67. The van der Waals surface area contributed by atoms with Gasteiger partial charge in [-0.2, -0.15) is 4.98 Å². The third-order valence-electron chi connectivity index (χ3n) is 0.891. The summed E-state index contributed by atoms with van der Waals surface area (Å²) in [6, 6.07) is 0. The van der Waals surface area contributed by atoms with Gasteiger partial charge in [0.25, 0.3) is 0 Å². The van der Waals surface area contributed by atoms with Crippen LogP contribution < -0.4 is 11.5 Å². The maximum Gasteiger partial charge on any atom is 0.239 e. The predicted octanol–water partition coefficient (Wildman–Crippen LogP) is -1.59. The van der Waals surface area contributed by atoms with Gasteiger partial charge in [-0.15, -0.1) is 5.10 Å². The van der Waals surface area contributed by atoms with Crippen molar-refractivity contribution in [2.24, 2.45) is 5.73 Å². The van der Waals surface area contributed by atoms with Gasteiger partial charge in [-0.25, -0.2) is 0 Å². The van der Waals surface area contributed by atoms with Crippen molar-refractivity contribution in [2.75, 3.05) is 5.73 Å². The Morgan fingerprint density at radius 3 is 2.80 bits per heavy atom. The summed E-state index contributed by atoms with van der Waals surface area (Å²) < 4.78 is 0. The van der Waals surface area contributed by atoms with Gasteiger partial charge in [-0.3, -0.25) is 9.89 Å². The molecule has 0 spiro atoms. The van der Waals surface area contributed by atoms with Crippen molar-refractivity contribution in [3.8, 4) is 0 Å². The lowest BCUT2D eigenvalue weighted by Gasteiger charge is -1.85. The first kappa shape index (κ1) is 6.53. The summed E-state index contributed by atoms with van der Waals surface area (Å²) in [5.41, 5.74) is 10.0. The van der Waals surface area contributed by atoms with Crippen molar-refractivity contribution in [3.63, 3.8) is 0 Å². The van der Waals surface area contributed by atoms with E-state index >= 15 is 0 Å². The van der Waals surface area contributed by atoms with Crippen LogP contribution in [0.5, 0.6) is 0 Å². The third-order valence-corrected chi connectivity index (χ3v) is 0.891. The first-order valence-electron chi connectivity index (χ1n) is 2.63. The smallest absolute Gasteiger partial charge is 0.239 e. The fourth-order valence-electron chi connectivity index (χ4n) is 0.554. The van der Waals surface area contributed by atoms with Crippen molar-refractivity contribution in [1.29, 1.82) is 0 Å². The lowest BCUT2D eigenvalue weighted by molar-refractivity contribution is -0.117. The summed E-state index contributed by atoms with van der Waals surface area (Å²) in [5, 5.41) is 5.95. The maximum atomic E-state index is 10.3. The van der Waals surface area contributed by atoms with Crippen LogP contribution in [-0.4, -0.2) is 21.1 Å². The van der Waals surface area contributed by atoms with Crippen LogP contribution in [0.15, 0.2) is 0 Å². The first-order valence-corrected chi connectivity index (χ1v) is 2.63. The van der Waals surface area contributed by atoms with Crippen LogP contribution in [-0.2, 0) is 11.2 Å². The van der Waals surface area contributed by atoms with E-state index in [0.29, 0.717) is 5.82 Å². The van der Waals surface area contributed by atoms with E-state index < -0.39 is 5.91 Å². The molecule has 0 saturated heterocycles. The van der Waals surface area contributed by atoms with E-state index in [0.717, 1.165) is 0 Å². The van der Waals surface area contributed by atoms with E-state index in [1.807, 2.05) is 0 Å². The van der Waals surface area contributed by atoms with Gasteiger partial charge in [0.2, 0.25) is 11.9 Å². The van der Waals surface area contributed by atoms with E-state index in [4.69, 9.17) is 11.5 Å². The molecule has 1 rings (SSSR count). The highest BCUT2D eigenvalue weighted by atomic mass is 16.1. The van der Waals surface area contributed by atoms with Crippen LogP contribution in [0.25, 0.3) is 0 Å². The summed E-state index contributed by atoms with van der Waals surface area (Å²) in [6.45, 7) is 0. The molecule has 0 radical (unpaired) electrons. The molecule has 1 amide bonds. The van der Waals surface area contributed by atoms with Gasteiger partial charge >= 0.3 is 0 Å². The number of primary amides is 1. The minimum absolute atomic E-state index is 0.0458. The topological polar surface area (TPSA) is 111 Å². The van der Waals surface area contributed by atoms with Crippen LogP contribution in [0.4, 0.5) is 5.95 Å². The van der Waals surface area contributed by atoms with Gasteiger partial charge < -0.3 is 11.5 Å². The number of nitrogens with zero attached hydrogens (tertiary/aromatic N) is 2. The summed E-state index contributed by atoms with van der Waals surface area (Å²) in [6.07, 6.45) is 0.0458. The van der Waals surface area contributed by atoms with Crippen molar-refractivity contribution in [1.82, 2.24) is 15.2 Å². The fraction of sp³-hybridized carbons (Fsp3) is 0.250. The van der Waals surface area contributed by atoms with Crippen LogP contribution in [0.2, 0.25) is 0 Å². The van der Waals surface area contributed by atoms with E-state index in [1.54, 1.807) is 0 Å². The zero-order chi connectivity index (χ0) is 7.56. The molecule has 10 heavy (non-hydrogen) atoms. The number of aromatic amines is 1. The van der Waals surface area contributed by atoms with Gasteiger partial charge in [0, 0.05) is 0 Å². The number of anilines is 1. The molecule has 0 aliphatic heterocycles. The SMILES string of the molecule is NC(=O)Cc1nc(N)n[nH]1. The monoisotopic (exact) mass is 141 g/mol. The number of nitrogens with two attached hydrogens (primary N) is 2. The van der Waals surface area contributed by atoms with Crippen molar-refractivity contribution in [3.05, 3.63) is 5.82 Å². The molecule has 5 N–H and O–H groups in total. The van der Waals surface area contributed by atoms with Crippen LogP contribution >= 0.6 is 0 Å². The maximum absolute atomic E-state index is 10.3. The van der Waals surface area contributed by atoms with Gasteiger partial charge in [0.1, 0.15) is 5.82 Å². The van der Waals surface area contributed by atoms with Crippen LogP contribution in [0.3, 0.4) is 0 Å². The standard InChI is InChI=1S/C4H7N5O/c5-2(10)1-3-7-4(6)9-8-3/h1H2,(H2,5,10)(H3,6,7,8,9). The largest absolute Gasteiger partial charge is 0.369 e. The molecule has 54 valence electrons. The molecule has 0 saturated carbocycles. The first-order chi connectivity index (χ1) is 4.68. The predicted molar refractivity (Wildman–Crippen MR) is 33.7 cm³/mol. The van der Waals surface area contributed by atoms with E-state index in [-0.39, 0.29) is 12.4 Å². The molecule has 0 fully saturated rings. The Morgan fingerprint density at radius 1 is 1.70 bits per heavy atom. The van der Waals surface area contributed by atoms with E-state index in [2.05, 4.69) is 15.2 Å². The number of nitrogens with one attached hydrogen (secondary N) is 1. The molecule has 0 bridgehead atoms. The second-order valence-corrected chi connectivity index (χ2v) is 1.78. The molecule has 0 atom stereocenters. The normalized spacial score (nSPS) is 9.60. The molecular formula is C4H7N5O. The van der Waals surface area contributed by atoms with Crippen molar-refractivity contribution in [2.45, 2.75) is 6.42 Å². The third kappa shape index (κ3) is 1.44. The Labute approximate surface area is 56.6 Å². The number of carbonyl (C=O) groups is 1. The van der Waals surface area contributed by atoms with Crippen LogP contribution in [0.1, 0.15) is 5.82 Å². The number of rotatable bonds is 2. The molecule has 1 heterocycles. The molecule has 0 aliphatic carbocycles. The Bertz CT molecular complexity index is 242. The zero-order valence-corrected chi connectivity index (χ0v) is 5.16. The second kappa shape index (κ2) is 2.34. The zero-order valence-electron chi connectivity index (χ0n) is 5.16. The fourth-order valence-corrected chi connectivity index (χ4v) is 0.554. The number of hydrogen-bond donors (Lipinski definition) is 3. The molecule has 6 heteroatoms.